The van der Waals surface area contributed by atoms with Crippen LogP contribution in [0.1, 0.15) is 13.3 Å². The Hall–Kier alpha value is -0.570. The standard InChI is InChI=1S/C7H11NO2.ClH/c1-5-6(9)3-4-8(2)7(5)10;/h5H,3-4H2,1-2H3;1H. The summed E-state index contributed by atoms with van der Waals surface area (Å²) in [5.74, 6) is -0.377. The molecule has 0 saturated carbocycles. The molecule has 1 aliphatic rings. The molecule has 1 rings (SSSR count). The highest BCUT2D eigenvalue weighted by Gasteiger charge is 2.28. The second-order valence-electron chi connectivity index (χ2n) is 2.70. The average molecular weight is 178 g/mol. The van der Waals surface area contributed by atoms with Crippen LogP contribution in [0.4, 0.5) is 0 Å². The Morgan fingerprint density at radius 3 is 2.45 bits per heavy atom. The fourth-order valence-corrected chi connectivity index (χ4v) is 1.07. The quantitative estimate of drug-likeness (QED) is 0.505. The zero-order valence-corrected chi connectivity index (χ0v) is 7.48. The van der Waals surface area contributed by atoms with Gasteiger partial charge in [0, 0.05) is 20.0 Å². The molecule has 1 fully saturated rings. The van der Waals surface area contributed by atoms with Gasteiger partial charge in [-0.3, -0.25) is 9.59 Å². The molecule has 1 heterocycles. The molecule has 1 unspecified atom stereocenters. The van der Waals surface area contributed by atoms with E-state index in [1.807, 2.05) is 0 Å². The second-order valence-corrected chi connectivity index (χ2v) is 2.70. The van der Waals surface area contributed by atoms with Crippen LogP contribution in [-0.4, -0.2) is 30.2 Å². The highest BCUT2D eigenvalue weighted by Crippen LogP contribution is 2.11. The number of amides is 1. The Labute approximate surface area is 72.2 Å². The van der Waals surface area contributed by atoms with E-state index in [1.165, 1.54) is 0 Å². The van der Waals surface area contributed by atoms with Crippen molar-refractivity contribution in [3.63, 3.8) is 0 Å². The number of carbonyl (C=O) groups is 2. The molecule has 3 nitrogen and oxygen atoms in total. The molecule has 4 heteroatoms. The van der Waals surface area contributed by atoms with Crippen LogP contribution in [0, 0.1) is 5.92 Å². The highest BCUT2D eigenvalue weighted by atomic mass is 35.5. The summed E-state index contributed by atoms with van der Waals surface area (Å²) in [6, 6.07) is 0. The first-order valence-electron chi connectivity index (χ1n) is 3.40. The molecule has 1 aliphatic heterocycles. The molecule has 64 valence electrons. The third-order valence-corrected chi connectivity index (χ3v) is 1.92. The molecule has 0 aromatic heterocycles. The van der Waals surface area contributed by atoms with Gasteiger partial charge in [0.15, 0.2) is 0 Å². The van der Waals surface area contributed by atoms with Gasteiger partial charge in [-0.2, -0.15) is 0 Å². The maximum absolute atomic E-state index is 11.0. The summed E-state index contributed by atoms with van der Waals surface area (Å²) < 4.78 is 0. The van der Waals surface area contributed by atoms with Crippen LogP contribution in [0.5, 0.6) is 0 Å². The SMILES string of the molecule is CC1C(=O)CCN(C)C1=O.Cl. The van der Waals surface area contributed by atoms with Crippen molar-refractivity contribution in [3.8, 4) is 0 Å². The molecule has 0 bridgehead atoms. The number of ketones is 1. The van der Waals surface area contributed by atoms with Crippen LogP contribution >= 0.6 is 12.4 Å². The third-order valence-electron chi connectivity index (χ3n) is 1.92. The second kappa shape index (κ2) is 3.72. The first kappa shape index (κ1) is 10.4. The van der Waals surface area contributed by atoms with Crippen molar-refractivity contribution < 1.29 is 9.59 Å². The molecule has 0 aromatic carbocycles. The summed E-state index contributed by atoms with van der Waals surface area (Å²) in [5.41, 5.74) is 0. The van der Waals surface area contributed by atoms with Crippen LogP contribution in [0.25, 0.3) is 0 Å². The number of Topliss-reactive ketones (excluding diaryl/α,β-unsaturated/α-hetero) is 1. The fourth-order valence-electron chi connectivity index (χ4n) is 1.07. The predicted octanol–water partition coefficient (Wildman–Crippen LogP) is 0.475. The number of carbonyl (C=O) groups excluding carboxylic acids is 2. The third kappa shape index (κ3) is 1.93. The van der Waals surface area contributed by atoms with Gasteiger partial charge in [0.25, 0.3) is 0 Å². The lowest BCUT2D eigenvalue weighted by Crippen LogP contribution is -2.42. The smallest absolute Gasteiger partial charge is 0.232 e. The lowest BCUT2D eigenvalue weighted by atomic mass is 9.98. The van der Waals surface area contributed by atoms with E-state index in [9.17, 15) is 9.59 Å². The molecule has 1 saturated heterocycles. The molecule has 0 aromatic rings. The van der Waals surface area contributed by atoms with E-state index in [-0.39, 0.29) is 24.1 Å². The van der Waals surface area contributed by atoms with Gasteiger partial charge in [-0.1, -0.05) is 0 Å². The molecule has 0 spiro atoms. The Balaban J connectivity index is 0.000001000. The van der Waals surface area contributed by atoms with Crippen LogP contribution in [0.15, 0.2) is 0 Å². The molecule has 0 aliphatic carbocycles. The van der Waals surface area contributed by atoms with Crippen molar-refractivity contribution in [2.45, 2.75) is 13.3 Å². The van der Waals surface area contributed by atoms with Crippen LogP contribution < -0.4 is 0 Å². The van der Waals surface area contributed by atoms with Gasteiger partial charge in [-0.05, 0) is 6.92 Å². The maximum Gasteiger partial charge on any atom is 0.232 e. The lowest BCUT2D eigenvalue weighted by molar-refractivity contribution is -0.143. The van der Waals surface area contributed by atoms with Crippen molar-refractivity contribution in [1.82, 2.24) is 4.90 Å². The van der Waals surface area contributed by atoms with Crippen LogP contribution in [0.2, 0.25) is 0 Å². The summed E-state index contributed by atoms with van der Waals surface area (Å²) in [4.78, 5) is 23.5. The minimum absolute atomic E-state index is 0. The number of likely N-dealkylation sites (tertiary alicyclic amines) is 1. The minimum Gasteiger partial charge on any atom is -0.345 e. The van der Waals surface area contributed by atoms with Crippen molar-refractivity contribution >= 4 is 24.1 Å². The van der Waals surface area contributed by atoms with E-state index in [0.717, 1.165) is 0 Å². The van der Waals surface area contributed by atoms with Gasteiger partial charge < -0.3 is 4.90 Å². The van der Waals surface area contributed by atoms with Crippen molar-refractivity contribution in [2.24, 2.45) is 5.92 Å². The summed E-state index contributed by atoms with van der Waals surface area (Å²) in [6.45, 7) is 2.25. The summed E-state index contributed by atoms with van der Waals surface area (Å²) >= 11 is 0. The molecule has 1 amide bonds. The molecule has 0 radical (unpaired) electrons. The topological polar surface area (TPSA) is 37.4 Å². The minimum atomic E-state index is -0.404. The first-order valence-corrected chi connectivity index (χ1v) is 3.40. The molecular weight excluding hydrogens is 166 g/mol. The Kier molecular flexibility index (Phi) is 3.52. The van der Waals surface area contributed by atoms with Crippen molar-refractivity contribution in [2.75, 3.05) is 13.6 Å². The van der Waals surface area contributed by atoms with Crippen molar-refractivity contribution in [1.29, 1.82) is 0 Å². The van der Waals surface area contributed by atoms with Gasteiger partial charge in [-0.25, -0.2) is 0 Å². The van der Waals surface area contributed by atoms with Crippen LogP contribution in [-0.2, 0) is 9.59 Å². The van der Waals surface area contributed by atoms with Gasteiger partial charge in [-0.15, -0.1) is 12.4 Å². The normalized spacial score (nSPS) is 24.9. The summed E-state index contributed by atoms with van der Waals surface area (Å²) in [6.07, 6.45) is 0.517. The number of halogens is 1. The van der Waals surface area contributed by atoms with Gasteiger partial charge in [0.05, 0.1) is 5.92 Å². The monoisotopic (exact) mass is 177 g/mol. The molecule has 0 N–H and O–H groups in total. The zero-order chi connectivity index (χ0) is 7.72. The predicted molar refractivity (Wildman–Crippen MR) is 43.7 cm³/mol. The number of rotatable bonds is 0. The van der Waals surface area contributed by atoms with E-state index < -0.39 is 5.92 Å². The number of hydrogen-bond acceptors (Lipinski definition) is 2. The maximum atomic E-state index is 11.0. The lowest BCUT2D eigenvalue weighted by Gasteiger charge is -2.25. The van der Waals surface area contributed by atoms with Crippen molar-refractivity contribution in [3.05, 3.63) is 0 Å². The average Bonchev–Trinajstić information content (AvgIpc) is 1.93. The molecule has 1 atom stereocenters. The van der Waals surface area contributed by atoms with Gasteiger partial charge in [0.2, 0.25) is 5.91 Å². The van der Waals surface area contributed by atoms with E-state index in [4.69, 9.17) is 0 Å². The van der Waals surface area contributed by atoms with E-state index in [0.29, 0.717) is 13.0 Å². The van der Waals surface area contributed by atoms with E-state index in [1.54, 1.807) is 18.9 Å². The first-order chi connectivity index (χ1) is 4.63. The fraction of sp³-hybridized carbons (Fsp3) is 0.714. The number of nitrogens with zero attached hydrogens (tertiary/aromatic N) is 1. The van der Waals surface area contributed by atoms with Crippen LogP contribution in [0.3, 0.4) is 0 Å². The van der Waals surface area contributed by atoms with Gasteiger partial charge >= 0.3 is 0 Å². The zero-order valence-electron chi connectivity index (χ0n) is 6.66. The van der Waals surface area contributed by atoms with E-state index in [2.05, 4.69) is 0 Å². The number of piperidine rings is 1. The highest BCUT2D eigenvalue weighted by molar-refractivity contribution is 6.02. The summed E-state index contributed by atoms with van der Waals surface area (Å²) in [5, 5.41) is 0. The summed E-state index contributed by atoms with van der Waals surface area (Å²) in [7, 11) is 1.73. The Bertz CT molecular complexity index is 181. The van der Waals surface area contributed by atoms with Gasteiger partial charge in [0.1, 0.15) is 5.78 Å². The molecule has 11 heavy (non-hydrogen) atoms. The molecular formula is C7H12ClNO2. The Morgan fingerprint density at radius 2 is 2.00 bits per heavy atom. The largest absolute Gasteiger partial charge is 0.345 e. The Morgan fingerprint density at radius 1 is 1.45 bits per heavy atom. The number of hydrogen-bond donors (Lipinski definition) is 0. The van der Waals surface area contributed by atoms with E-state index >= 15 is 0 Å².